The molecule has 1 atom stereocenters. The largest absolute Gasteiger partial charge is 0.461 e. The van der Waals surface area contributed by atoms with Crippen LogP contribution in [-0.2, 0) is 20.7 Å². The molecule has 0 radical (unpaired) electrons. The first-order valence-electron chi connectivity index (χ1n) is 5.53. The van der Waals surface area contributed by atoms with Crippen molar-refractivity contribution < 1.29 is 23.5 Å². The Labute approximate surface area is 106 Å². The number of rotatable bonds is 5. The first-order valence-corrected chi connectivity index (χ1v) is 7.56. The lowest BCUT2D eigenvalue weighted by Gasteiger charge is -2.10. The van der Waals surface area contributed by atoms with E-state index in [1.54, 1.807) is 38.1 Å². The first kappa shape index (κ1) is 14.7. The fraction of sp³-hybridized carbons (Fsp3) is 0.417. The van der Waals surface area contributed by atoms with Gasteiger partial charge < -0.3 is 14.2 Å². The molecule has 0 bridgehead atoms. The van der Waals surface area contributed by atoms with Gasteiger partial charge >= 0.3 is 13.6 Å². The zero-order chi connectivity index (χ0) is 13.8. The highest BCUT2D eigenvalue weighted by Gasteiger charge is 2.12. The summed E-state index contributed by atoms with van der Waals surface area (Å²) in [5, 5.41) is 0. The molecule has 1 aromatic rings. The van der Waals surface area contributed by atoms with Gasteiger partial charge in [0.15, 0.2) is 0 Å². The lowest BCUT2D eigenvalue weighted by atomic mass is 10.2. The van der Waals surface area contributed by atoms with E-state index in [1.165, 1.54) is 0 Å². The van der Waals surface area contributed by atoms with Gasteiger partial charge in [0.1, 0.15) is 12.4 Å². The van der Waals surface area contributed by atoms with E-state index >= 15 is 0 Å². The van der Waals surface area contributed by atoms with Crippen LogP contribution >= 0.6 is 7.60 Å². The molecule has 0 saturated heterocycles. The number of carbonyl (C=O) groups excluding carboxylic acids is 1. The van der Waals surface area contributed by atoms with E-state index in [0.717, 1.165) is 12.2 Å². The van der Waals surface area contributed by atoms with Crippen LogP contribution < -0.4 is 4.52 Å². The molecule has 1 aromatic carbocycles. The molecule has 100 valence electrons. The Kier molecular flexibility index (Phi) is 4.93. The molecule has 0 spiro atoms. The van der Waals surface area contributed by atoms with Crippen LogP contribution in [0.5, 0.6) is 5.75 Å². The topological polar surface area (TPSA) is 72.8 Å². The summed E-state index contributed by atoms with van der Waals surface area (Å²) in [6, 6.07) is 6.48. The van der Waals surface area contributed by atoms with Gasteiger partial charge in [-0.3, -0.25) is 4.79 Å². The highest BCUT2D eigenvalue weighted by molar-refractivity contribution is 7.52. The summed E-state index contributed by atoms with van der Waals surface area (Å²) in [5.74, 6) is -0.112. The predicted octanol–water partition coefficient (Wildman–Crippen LogP) is 2.58. The zero-order valence-electron chi connectivity index (χ0n) is 10.6. The average molecular weight is 272 g/mol. The molecule has 0 aliphatic rings. The Morgan fingerprint density at radius 2 is 1.89 bits per heavy atom. The fourth-order valence-electron chi connectivity index (χ4n) is 1.16. The second-order valence-corrected chi connectivity index (χ2v) is 6.09. The monoisotopic (exact) mass is 272 g/mol. The van der Waals surface area contributed by atoms with Gasteiger partial charge in [-0.2, -0.15) is 0 Å². The summed E-state index contributed by atoms with van der Waals surface area (Å²) in [4.78, 5) is 20.3. The summed E-state index contributed by atoms with van der Waals surface area (Å²) < 4.78 is 20.9. The number of esters is 1. The van der Waals surface area contributed by atoms with Gasteiger partial charge in [0.2, 0.25) is 0 Å². The van der Waals surface area contributed by atoms with Gasteiger partial charge in [-0.05, 0) is 17.7 Å². The van der Waals surface area contributed by atoms with E-state index in [4.69, 9.17) is 14.2 Å². The van der Waals surface area contributed by atoms with Gasteiger partial charge in [0.05, 0.1) is 5.92 Å². The molecule has 5 nitrogen and oxygen atoms in total. The third kappa shape index (κ3) is 5.34. The lowest BCUT2D eigenvalue weighted by Crippen LogP contribution is -2.11. The van der Waals surface area contributed by atoms with Crippen molar-refractivity contribution in [2.24, 2.45) is 5.92 Å². The molecule has 1 N–H and O–H groups in total. The van der Waals surface area contributed by atoms with Crippen LogP contribution in [-0.4, -0.2) is 17.5 Å². The fourth-order valence-corrected chi connectivity index (χ4v) is 1.68. The van der Waals surface area contributed by atoms with E-state index in [2.05, 4.69) is 0 Å². The average Bonchev–Trinajstić information content (AvgIpc) is 2.25. The minimum atomic E-state index is -3.53. The van der Waals surface area contributed by atoms with E-state index in [1.807, 2.05) is 0 Å². The molecule has 1 unspecified atom stereocenters. The summed E-state index contributed by atoms with van der Waals surface area (Å²) >= 11 is 0. The highest BCUT2D eigenvalue weighted by atomic mass is 31.2. The van der Waals surface area contributed by atoms with Crippen LogP contribution in [0.25, 0.3) is 0 Å². The number of ether oxygens (including phenoxy) is 1. The van der Waals surface area contributed by atoms with Crippen molar-refractivity contribution in [2.75, 3.05) is 6.66 Å². The van der Waals surface area contributed by atoms with Gasteiger partial charge in [-0.15, -0.1) is 0 Å². The Balaban J connectivity index is 2.56. The lowest BCUT2D eigenvalue weighted by molar-refractivity contribution is -0.148. The molecular formula is C12H17O5P. The van der Waals surface area contributed by atoms with Crippen molar-refractivity contribution in [1.82, 2.24) is 0 Å². The second-order valence-electron chi connectivity index (χ2n) is 4.30. The van der Waals surface area contributed by atoms with Crippen molar-refractivity contribution in [3.05, 3.63) is 29.8 Å². The van der Waals surface area contributed by atoms with Gasteiger partial charge in [-0.1, -0.05) is 26.0 Å². The van der Waals surface area contributed by atoms with Crippen molar-refractivity contribution in [3.8, 4) is 5.75 Å². The molecule has 0 aliphatic carbocycles. The van der Waals surface area contributed by atoms with Crippen molar-refractivity contribution in [3.63, 3.8) is 0 Å². The van der Waals surface area contributed by atoms with Crippen molar-refractivity contribution >= 4 is 13.6 Å². The van der Waals surface area contributed by atoms with Crippen LogP contribution in [0.3, 0.4) is 0 Å². The zero-order valence-corrected chi connectivity index (χ0v) is 11.5. The molecule has 6 heteroatoms. The maximum Gasteiger partial charge on any atom is 0.373 e. The molecular weight excluding hydrogens is 255 g/mol. The molecule has 0 saturated carbocycles. The molecule has 0 fully saturated rings. The summed E-state index contributed by atoms with van der Waals surface area (Å²) in [6.45, 7) is 4.82. The maximum absolute atomic E-state index is 11.3. The quantitative estimate of drug-likeness (QED) is 0.658. The van der Waals surface area contributed by atoms with Gasteiger partial charge in [-0.25, -0.2) is 4.57 Å². The second kappa shape index (κ2) is 6.03. The third-order valence-corrected chi connectivity index (χ3v) is 2.60. The van der Waals surface area contributed by atoms with Crippen LogP contribution in [0.4, 0.5) is 0 Å². The van der Waals surface area contributed by atoms with Crippen LogP contribution in [0.2, 0.25) is 0 Å². The summed E-state index contributed by atoms with van der Waals surface area (Å²) in [5.41, 5.74) is 0.792. The predicted molar refractivity (Wildman–Crippen MR) is 67.5 cm³/mol. The number of benzene rings is 1. The van der Waals surface area contributed by atoms with Crippen LogP contribution in [0.1, 0.15) is 19.4 Å². The summed E-state index contributed by atoms with van der Waals surface area (Å²) in [6.07, 6.45) is 0. The molecule has 18 heavy (non-hydrogen) atoms. The van der Waals surface area contributed by atoms with Crippen molar-refractivity contribution in [2.45, 2.75) is 20.5 Å². The number of hydrogen-bond donors (Lipinski definition) is 1. The van der Waals surface area contributed by atoms with E-state index in [9.17, 15) is 9.36 Å². The third-order valence-electron chi connectivity index (χ3n) is 2.05. The molecule has 0 aliphatic heterocycles. The molecule has 1 rings (SSSR count). The molecule has 0 aromatic heterocycles. The number of carbonyl (C=O) groups is 1. The van der Waals surface area contributed by atoms with E-state index in [-0.39, 0.29) is 18.5 Å². The SMILES string of the molecule is CC(C)C(=O)OCc1ccc(OP(C)(=O)O)cc1. The summed E-state index contributed by atoms with van der Waals surface area (Å²) in [7, 11) is -3.53. The number of hydrogen-bond acceptors (Lipinski definition) is 4. The van der Waals surface area contributed by atoms with Crippen molar-refractivity contribution in [1.29, 1.82) is 0 Å². The standard InChI is InChI=1S/C12H17O5P/c1-9(2)12(13)16-8-10-4-6-11(7-5-10)17-18(3,14)15/h4-7,9H,8H2,1-3H3,(H,14,15). The minimum absolute atomic E-state index is 0.159. The molecule has 0 heterocycles. The Morgan fingerprint density at radius 3 is 2.33 bits per heavy atom. The van der Waals surface area contributed by atoms with E-state index < -0.39 is 7.60 Å². The normalized spacial score (nSPS) is 14.1. The van der Waals surface area contributed by atoms with Crippen LogP contribution in [0.15, 0.2) is 24.3 Å². The highest BCUT2D eigenvalue weighted by Crippen LogP contribution is 2.37. The maximum atomic E-state index is 11.3. The Bertz CT molecular complexity index is 446. The Hall–Kier alpha value is -1.32. The van der Waals surface area contributed by atoms with E-state index in [0.29, 0.717) is 5.75 Å². The van der Waals surface area contributed by atoms with Gasteiger partial charge in [0, 0.05) is 6.66 Å². The smallest absolute Gasteiger partial charge is 0.373 e. The minimum Gasteiger partial charge on any atom is -0.461 e. The van der Waals surface area contributed by atoms with Crippen LogP contribution in [0, 0.1) is 5.92 Å². The first-order chi connectivity index (χ1) is 8.28. The Morgan fingerprint density at radius 1 is 1.33 bits per heavy atom. The van der Waals surface area contributed by atoms with Gasteiger partial charge in [0.25, 0.3) is 0 Å². The molecule has 0 amide bonds.